The van der Waals surface area contributed by atoms with Gasteiger partial charge in [0, 0.05) is 33.5 Å². The van der Waals surface area contributed by atoms with Crippen molar-refractivity contribution in [3.8, 4) is 12.3 Å². The molecule has 12 heteroatoms. The number of nitrogens with one attached hydrogen (secondary N) is 1. The van der Waals surface area contributed by atoms with Gasteiger partial charge in [0.1, 0.15) is 30.3 Å². The molecule has 1 aromatic rings. The zero-order valence-electron chi connectivity index (χ0n) is 33.0. The minimum absolute atomic E-state index is 0.0932. The second-order valence-corrected chi connectivity index (χ2v) is 15.3. The summed E-state index contributed by atoms with van der Waals surface area (Å²) < 4.78 is 12.1. The number of likely N-dealkylation sites (N-methyl/N-ethyl adjacent to an activating group) is 2. The number of benzene rings is 1. The molecule has 4 amide bonds. The second kappa shape index (κ2) is 19.6. The summed E-state index contributed by atoms with van der Waals surface area (Å²) in [6.45, 7) is 12.7. The van der Waals surface area contributed by atoms with Gasteiger partial charge in [-0.1, -0.05) is 85.2 Å². The van der Waals surface area contributed by atoms with Crippen molar-refractivity contribution in [1.29, 1.82) is 0 Å². The fraction of sp³-hybridized carbons (Fsp3) is 0.659. The number of hydrogen-bond acceptors (Lipinski definition) is 8. The molecule has 0 spiro atoms. The van der Waals surface area contributed by atoms with Gasteiger partial charge in [0.15, 0.2) is 6.10 Å². The van der Waals surface area contributed by atoms with E-state index >= 15 is 0 Å². The lowest BCUT2D eigenvalue weighted by molar-refractivity contribution is -0.171. The number of esters is 2. The molecule has 0 aliphatic carbocycles. The lowest BCUT2D eigenvalue weighted by atomic mass is 9.94. The average molecular weight is 737 g/mol. The van der Waals surface area contributed by atoms with Crippen molar-refractivity contribution < 1.29 is 38.2 Å². The Hall–Kier alpha value is -4.40. The first-order chi connectivity index (χ1) is 25.0. The smallest absolute Gasteiger partial charge is 0.329 e. The first-order valence-electron chi connectivity index (χ1n) is 19.1. The Morgan fingerprint density at radius 2 is 1.55 bits per heavy atom. The molecule has 3 rings (SSSR count). The van der Waals surface area contributed by atoms with E-state index in [1.165, 1.54) is 28.8 Å². The topological polar surface area (TPSA) is 143 Å². The predicted octanol–water partition coefficient (Wildman–Crippen LogP) is 3.99. The summed E-state index contributed by atoms with van der Waals surface area (Å²) in [4.78, 5) is 89.2. The van der Waals surface area contributed by atoms with Gasteiger partial charge < -0.3 is 29.5 Å². The van der Waals surface area contributed by atoms with E-state index in [1.807, 2.05) is 44.2 Å². The third-order valence-electron chi connectivity index (χ3n) is 10.7. The maximum absolute atomic E-state index is 14.3. The van der Waals surface area contributed by atoms with E-state index in [-0.39, 0.29) is 25.3 Å². The molecule has 2 heterocycles. The van der Waals surface area contributed by atoms with E-state index < -0.39 is 89.7 Å². The highest BCUT2D eigenvalue weighted by Crippen LogP contribution is 2.28. The maximum Gasteiger partial charge on any atom is 0.329 e. The van der Waals surface area contributed by atoms with Crippen molar-refractivity contribution in [3.05, 3.63) is 35.9 Å². The normalized spacial score (nSPS) is 27.7. The van der Waals surface area contributed by atoms with Crippen LogP contribution in [-0.2, 0) is 44.7 Å². The van der Waals surface area contributed by atoms with E-state index in [0.29, 0.717) is 32.1 Å². The quantitative estimate of drug-likeness (QED) is 0.228. The number of fused-ring (bicyclic) bond motifs is 1. The number of rotatable bonds is 9. The van der Waals surface area contributed by atoms with Gasteiger partial charge in [-0.15, -0.1) is 12.3 Å². The molecule has 0 bridgehead atoms. The summed E-state index contributed by atoms with van der Waals surface area (Å²) in [5.41, 5.74) is 0.763. The monoisotopic (exact) mass is 736 g/mol. The molecule has 8 unspecified atom stereocenters. The summed E-state index contributed by atoms with van der Waals surface area (Å²) in [5, 5.41) is 2.88. The largest absolute Gasteiger partial charge is 0.460 e. The first-order valence-corrected chi connectivity index (χ1v) is 19.1. The van der Waals surface area contributed by atoms with Crippen LogP contribution in [0.3, 0.4) is 0 Å². The minimum Gasteiger partial charge on any atom is -0.460 e. The predicted molar refractivity (Wildman–Crippen MR) is 201 cm³/mol. The Balaban J connectivity index is 2.18. The van der Waals surface area contributed by atoms with E-state index in [0.717, 1.165) is 5.56 Å². The van der Waals surface area contributed by atoms with E-state index in [1.54, 1.807) is 34.6 Å². The summed E-state index contributed by atoms with van der Waals surface area (Å²) in [5.74, 6) is -2.90. The Labute approximate surface area is 315 Å². The second-order valence-electron chi connectivity index (χ2n) is 15.3. The third kappa shape index (κ3) is 10.6. The van der Waals surface area contributed by atoms with Crippen molar-refractivity contribution in [2.75, 3.05) is 20.6 Å². The lowest BCUT2D eigenvalue weighted by Gasteiger charge is -2.37. The molecule has 1 N–H and O–H groups in total. The standard InChI is InChI=1S/C41H60N4O8/c1-11-13-15-22-32-28(8)36(46)42-33(25(3)4)38(48)43(9)31(24-29-19-16-14-17-20-29)40(50)53-35(26(5)6)39(49)45-23-18-21-30(45)37(47)44(10)34(27(7)12-2)41(51)52-32/h1,14,16-17,19-20,25-28,30-35H,12-13,15,18,21-24H2,2-10H3,(H,42,46). The number of cyclic esters (lactones) is 2. The van der Waals surface area contributed by atoms with Crippen molar-refractivity contribution in [2.45, 2.75) is 130 Å². The van der Waals surface area contributed by atoms with Crippen LogP contribution in [0.4, 0.5) is 0 Å². The summed E-state index contributed by atoms with van der Waals surface area (Å²) in [6, 6.07) is 5.07. The summed E-state index contributed by atoms with van der Waals surface area (Å²) >= 11 is 0. The molecule has 2 aliphatic rings. The Morgan fingerprint density at radius 1 is 0.887 bits per heavy atom. The van der Waals surface area contributed by atoms with Crippen LogP contribution in [0, 0.1) is 36.0 Å². The van der Waals surface area contributed by atoms with Crippen LogP contribution in [0.2, 0.25) is 0 Å². The van der Waals surface area contributed by atoms with Gasteiger partial charge in [0.2, 0.25) is 17.7 Å². The lowest BCUT2D eigenvalue weighted by Crippen LogP contribution is -2.57. The molecule has 2 fully saturated rings. The highest BCUT2D eigenvalue weighted by Gasteiger charge is 2.45. The molecule has 8 atom stereocenters. The summed E-state index contributed by atoms with van der Waals surface area (Å²) in [6.07, 6.45) is 6.07. The highest BCUT2D eigenvalue weighted by atomic mass is 16.6. The molecular formula is C41H60N4O8. The van der Waals surface area contributed by atoms with Gasteiger partial charge in [-0.25, -0.2) is 9.59 Å². The fourth-order valence-corrected chi connectivity index (χ4v) is 7.08. The molecule has 292 valence electrons. The molecule has 2 saturated heterocycles. The van der Waals surface area contributed by atoms with Gasteiger partial charge in [-0.2, -0.15) is 0 Å². The number of terminal acetylenes is 1. The SMILES string of the molecule is C#CCCCC1OC(=O)C(C(C)CC)N(C)C(=O)C2CCCN2C(=O)C(C(C)C)OC(=O)C(Cc2ccccc2)N(C)C(=O)C(C(C)C)NC(=O)C1C. The van der Waals surface area contributed by atoms with E-state index in [4.69, 9.17) is 15.9 Å². The van der Waals surface area contributed by atoms with Crippen LogP contribution in [0.15, 0.2) is 30.3 Å². The van der Waals surface area contributed by atoms with Crippen molar-refractivity contribution in [3.63, 3.8) is 0 Å². The fourth-order valence-electron chi connectivity index (χ4n) is 7.08. The number of nitrogens with zero attached hydrogens (tertiary/aromatic N) is 3. The molecule has 2 aliphatic heterocycles. The van der Waals surface area contributed by atoms with E-state index in [2.05, 4.69) is 11.2 Å². The molecule has 0 aromatic heterocycles. The van der Waals surface area contributed by atoms with Gasteiger partial charge in [0.25, 0.3) is 5.91 Å². The van der Waals surface area contributed by atoms with E-state index in [9.17, 15) is 28.8 Å². The van der Waals surface area contributed by atoms with Gasteiger partial charge in [0.05, 0.1) is 5.92 Å². The van der Waals surface area contributed by atoms with Crippen LogP contribution in [-0.4, -0.2) is 107 Å². The number of ether oxygens (including phenoxy) is 2. The molecule has 12 nitrogen and oxygen atoms in total. The maximum atomic E-state index is 14.3. The zero-order chi connectivity index (χ0) is 39.6. The molecule has 1 aromatic carbocycles. The molecular weight excluding hydrogens is 676 g/mol. The first kappa shape index (κ1) is 43.0. The molecule has 0 saturated carbocycles. The number of amides is 4. The van der Waals surface area contributed by atoms with Crippen LogP contribution >= 0.6 is 0 Å². The number of carbonyl (C=O) groups excluding carboxylic acids is 6. The molecule has 0 radical (unpaired) electrons. The summed E-state index contributed by atoms with van der Waals surface area (Å²) in [7, 11) is 3.03. The van der Waals surface area contributed by atoms with Gasteiger partial charge >= 0.3 is 11.9 Å². The highest BCUT2D eigenvalue weighted by molar-refractivity contribution is 5.95. The number of hydrogen-bond donors (Lipinski definition) is 1. The van der Waals surface area contributed by atoms with Crippen LogP contribution in [0.1, 0.15) is 92.6 Å². The van der Waals surface area contributed by atoms with Crippen molar-refractivity contribution >= 4 is 35.6 Å². The number of unbranched alkanes of at least 4 members (excludes halogenated alkanes) is 1. The van der Waals surface area contributed by atoms with Gasteiger partial charge in [-0.05, 0) is 49.0 Å². The average Bonchev–Trinajstić information content (AvgIpc) is 3.63. The van der Waals surface area contributed by atoms with Crippen LogP contribution in [0.25, 0.3) is 0 Å². The van der Waals surface area contributed by atoms with Crippen molar-refractivity contribution in [2.24, 2.45) is 23.7 Å². The Morgan fingerprint density at radius 3 is 2.13 bits per heavy atom. The van der Waals surface area contributed by atoms with Crippen molar-refractivity contribution in [1.82, 2.24) is 20.0 Å². The Kier molecular flexibility index (Phi) is 15.9. The minimum atomic E-state index is -1.24. The van der Waals surface area contributed by atoms with Crippen LogP contribution < -0.4 is 5.32 Å². The van der Waals surface area contributed by atoms with Crippen LogP contribution in [0.5, 0.6) is 0 Å². The molecule has 53 heavy (non-hydrogen) atoms. The Bertz CT molecular complexity index is 1490. The van der Waals surface area contributed by atoms with Gasteiger partial charge in [-0.3, -0.25) is 19.2 Å². The zero-order valence-corrected chi connectivity index (χ0v) is 33.0. The number of carbonyl (C=O) groups is 6. The third-order valence-corrected chi connectivity index (χ3v) is 10.7.